The fourth-order valence-corrected chi connectivity index (χ4v) is 3.23. The lowest BCUT2D eigenvalue weighted by atomic mass is 10.2. The third-order valence-electron chi connectivity index (χ3n) is 4.72. The van der Waals surface area contributed by atoms with E-state index < -0.39 is 0 Å². The van der Waals surface area contributed by atoms with Gasteiger partial charge in [0, 0.05) is 29.6 Å². The molecule has 0 fully saturated rings. The largest absolute Gasteiger partial charge is 0.472 e. The fourth-order valence-electron chi connectivity index (χ4n) is 3.23. The predicted octanol–water partition coefficient (Wildman–Crippen LogP) is 3.80. The number of hydrogen-bond donors (Lipinski definition) is 1. The van der Waals surface area contributed by atoms with Crippen molar-refractivity contribution in [3.05, 3.63) is 78.1 Å². The third kappa shape index (κ3) is 3.25. The van der Waals surface area contributed by atoms with Crippen LogP contribution in [-0.2, 0) is 6.54 Å². The van der Waals surface area contributed by atoms with Crippen molar-refractivity contribution in [2.75, 3.05) is 5.32 Å². The number of fused-ring (bicyclic) bond motifs is 1. The van der Waals surface area contributed by atoms with Crippen molar-refractivity contribution >= 4 is 11.7 Å². The van der Waals surface area contributed by atoms with Crippen LogP contribution < -0.4 is 5.32 Å². The molecule has 0 bridgehead atoms. The Labute approximate surface area is 166 Å². The molecule has 0 aliphatic carbocycles. The van der Waals surface area contributed by atoms with Crippen molar-refractivity contribution in [3.63, 3.8) is 0 Å². The molecule has 8 heteroatoms. The summed E-state index contributed by atoms with van der Waals surface area (Å²) in [5.74, 6) is 1.06. The first-order valence-electron chi connectivity index (χ1n) is 9.29. The summed E-state index contributed by atoms with van der Waals surface area (Å²) in [5.41, 5.74) is 5.74. The SMILES string of the molecule is Cc1cc(-c2ccoc2)n2nc(NCc3cn(-c4ccccc4)nc3C)nc2n1. The minimum absolute atomic E-state index is 0.514. The molecule has 29 heavy (non-hydrogen) atoms. The number of benzene rings is 1. The number of aryl methyl sites for hydroxylation is 2. The van der Waals surface area contributed by atoms with Crippen molar-refractivity contribution < 1.29 is 4.42 Å². The van der Waals surface area contributed by atoms with Gasteiger partial charge < -0.3 is 9.73 Å². The average molecular weight is 385 g/mol. The maximum atomic E-state index is 5.21. The first-order valence-corrected chi connectivity index (χ1v) is 9.29. The van der Waals surface area contributed by atoms with Gasteiger partial charge in [-0.05, 0) is 38.1 Å². The summed E-state index contributed by atoms with van der Waals surface area (Å²) < 4.78 is 8.82. The molecule has 1 aromatic carbocycles. The minimum Gasteiger partial charge on any atom is -0.472 e. The highest BCUT2D eigenvalue weighted by Crippen LogP contribution is 2.22. The van der Waals surface area contributed by atoms with Gasteiger partial charge in [0.25, 0.3) is 5.78 Å². The molecule has 0 spiro atoms. The topological polar surface area (TPSA) is 86.1 Å². The van der Waals surface area contributed by atoms with E-state index in [4.69, 9.17) is 4.42 Å². The molecule has 144 valence electrons. The lowest BCUT2D eigenvalue weighted by Gasteiger charge is -2.02. The van der Waals surface area contributed by atoms with Crippen LogP contribution in [0.25, 0.3) is 22.7 Å². The highest BCUT2D eigenvalue weighted by atomic mass is 16.3. The zero-order valence-corrected chi connectivity index (χ0v) is 16.1. The van der Waals surface area contributed by atoms with Gasteiger partial charge in [-0.2, -0.15) is 14.6 Å². The molecular weight excluding hydrogens is 366 g/mol. The molecule has 0 saturated carbocycles. The zero-order chi connectivity index (χ0) is 19.8. The second-order valence-electron chi connectivity index (χ2n) is 6.82. The second-order valence-corrected chi connectivity index (χ2v) is 6.82. The standard InChI is InChI=1S/C21H19N7O/c1-14-10-19(16-8-9-29-13-16)28-21(23-14)24-20(26-28)22-11-17-12-27(25-15(17)2)18-6-4-3-5-7-18/h3-10,12-13H,11H2,1-2H3,(H,22,26). The molecule has 4 aromatic heterocycles. The maximum absolute atomic E-state index is 5.21. The average Bonchev–Trinajstić information content (AvgIpc) is 3.46. The summed E-state index contributed by atoms with van der Waals surface area (Å²) in [6, 6.07) is 13.9. The number of anilines is 1. The van der Waals surface area contributed by atoms with Crippen LogP contribution in [0.5, 0.6) is 0 Å². The molecule has 1 N–H and O–H groups in total. The Kier molecular flexibility index (Phi) is 4.09. The van der Waals surface area contributed by atoms with E-state index in [2.05, 4.69) is 25.5 Å². The molecule has 0 amide bonds. The van der Waals surface area contributed by atoms with Gasteiger partial charge in [0.2, 0.25) is 5.95 Å². The Bertz CT molecular complexity index is 1270. The monoisotopic (exact) mass is 385 g/mol. The van der Waals surface area contributed by atoms with Crippen molar-refractivity contribution in [2.24, 2.45) is 0 Å². The highest BCUT2D eigenvalue weighted by molar-refractivity contribution is 5.61. The summed E-state index contributed by atoms with van der Waals surface area (Å²) in [7, 11) is 0. The normalized spacial score (nSPS) is 11.2. The van der Waals surface area contributed by atoms with E-state index in [1.165, 1.54) is 0 Å². The van der Waals surface area contributed by atoms with E-state index in [-0.39, 0.29) is 0 Å². The zero-order valence-electron chi connectivity index (χ0n) is 16.1. The van der Waals surface area contributed by atoms with Crippen LogP contribution in [0.3, 0.4) is 0 Å². The molecule has 4 heterocycles. The lowest BCUT2D eigenvalue weighted by Crippen LogP contribution is -2.02. The number of rotatable bonds is 5. The quantitative estimate of drug-likeness (QED) is 0.495. The van der Waals surface area contributed by atoms with E-state index >= 15 is 0 Å². The lowest BCUT2D eigenvalue weighted by molar-refractivity contribution is 0.568. The molecule has 0 atom stereocenters. The van der Waals surface area contributed by atoms with E-state index in [0.717, 1.165) is 33.9 Å². The number of nitrogens with one attached hydrogen (secondary N) is 1. The Hall–Kier alpha value is -3.94. The number of hydrogen-bond acceptors (Lipinski definition) is 6. The number of aromatic nitrogens is 6. The van der Waals surface area contributed by atoms with E-state index in [9.17, 15) is 0 Å². The fraction of sp³-hybridized carbons (Fsp3) is 0.143. The summed E-state index contributed by atoms with van der Waals surface area (Å²) >= 11 is 0. The number of para-hydroxylation sites is 1. The van der Waals surface area contributed by atoms with E-state index in [0.29, 0.717) is 18.3 Å². The Morgan fingerprint density at radius 2 is 1.90 bits per heavy atom. The van der Waals surface area contributed by atoms with Crippen molar-refractivity contribution in [2.45, 2.75) is 20.4 Å². The van der Waals surface area contributed by atoms with Gasteiger partial charge in [0.05, 0.1) is 29.6 Å². The van der Waals surface area contributed by atoms with Gasteiger partial charge in [-0.25, -0.2) is 9.67 Å². The van der Waals surface area contributed by atoms with E-state index in [1.54, 1.807) is 17.0 Å². The van der Waals surface area contributed by atoms with Gasteiger partial charge >= 0.3 is 0 Å². The van der Waals surface area contributed by atoms with Gasteiger partial charge in [-0.3, -0.25) is 0 Å². The van der Waals surface area contributed by atoms with Crippen LogP contribution in [0.4, 0.5) is 5.95 Å². The van der Waals surface area contributed by atoms with Crippen molar-refractivity contribution in [3.8, 4) is 16.9 Å². The maximum Gasteiger partial charge on any atom is 0.254 e. The summed E-state index contributed by atoms with van der Waals surface area (Å²) in [6.07, 6.45) is 5.34. The molecular formula is C21H19N7O. The van der Waals surface area contributed by atoms with Gasteiger partial charge in [-0.1, -0.05) is 18.2 Å². The molecule has 0 unspecified atom stereocenters. The highest BCUT2D eigenvalue weighted by Gasteiger charge is 2.13. The van der Waals surface area contributed by atoms with Crippen LogP contribution in [-0.4, -0.2) is 29.4 Å². The molecule has 8 nitrogen and oxygen atoms in total. The van der Waals surface area contributed by atoms with Crippen LogP contribution in [0, 0.1) is 13.8 Å². The van der Waals surface area contributed by atoms with Crippen LogP contribution in [0.1, 0.15) is 17.0 Å². The Balaban J connectivity index is 1.42. The van der Waals surface area contributed by atoms with Crippen molar-refractivity contribution in [1.29, 1.82) is 0 Å². The molecule has 0 radical (unpaired) electrons. The summed E-state index contributed by atoms with van der Waals surface area (Å²) in [5, 5.41) is 12.5. The van der Waals surface area contributed by atoms with Gasteiger partial charge in [0.15, 0.2) is 0 Å². The van der Waals surface area contributed by atoms with Crippen molar-refractivity contribution in [1.82, 2.24) is 29.4 Å². The van der Waals surface area contributed by atoms with Crippen LogP contribution in [0.15, 0.2) is 65.6 Å². The second kappa shape index (κ2) is 6.90. The first kappa shape index (κ1) is 17.2. The summed E-state index contributed by atoms with van der Waals surface area (Å²) in [6.45, 7) is 4.50. The Morgan fingerprint density at radius 1 is 1.03 bits per heavy atom. The van der Waals surface area contributed by atoms with Crippen LogP contribution >= 0.6 is 0 Å². The predicted molar refractivity (Wildman–Crippen MR) is 109 cm³/mol. The first-order chi connectivity index (χ1) is 14.2. The molecule has 0 saturated heterocycles. The van der Waals surface area contributed by atoms with Gasteiger partial charge in [0.1, 0.15) is 0 Å². The minimum atomic E-state index is 0.514. The third-order valence-corrected chi connectivity index (χ3v) is 4.72. The molecule has 0 aliphatic rings. The summed E-state index contributed by atoms with van der Waals surface area (Å²) in [4.78, 5) is 9.01. The Morgan fingerprint density at radius 3 is 2.69 bits per heavy atom. The van der Waals surface area contributed by atoms with Gasteiger partial charge in [-0.15, -0.1) is 5.10 Å². The molecule has 5 aromatic rings. The van der Waals surface area contributed by atoms with Crippen LogP contribution in [0.2, 0.25) is 0 Å². The van der Waals surface area contributed by atoms with E-state index in [1.807, 2.05) is 67.2 Å². The molecule has 5 rings (SSSR count). The number of furan rings is 1. The molecule has 0 aliphatic heterocycles. The number of nitrogens with zero attached hydrogens (tertiary/aromatic N) is 6. The smallest absolute Gasteiger partial charge is 0.254 e.